The third kappa shape index (κ3) is 2.25. The molecule has 1 atom stereocenters. The Labute approximate surface area is 84.1 Å². The van der Waals surface area contributed by atoms with Crippen molar-refractivity contribution in [3.63, 3.8) is 0 Å². The van der Waals surface area contributed by atoms with Crippen LogP contribution in [0.5, 0.6) is 0 Å². The van der Waals surface area contributed by atoms with Gasteiger partial charge in [-0.25, -0.2) is 8.78 Å². The van der Waals surface area contributed by atoms with Crippen molar-refractivity contribution in [2.24, 2.45) is 5.73 Å². The lowest BCUT2D eigenvalue weighted by Gasteiger charge is -2.10. The number of hydrogen-bond acceptors (Lipinski definition) is 1. The maximum Gasteiger partial charge on any atom is 0.140 e. The van der Waals surface area contributed by atoms with E-state index in [4.69, 9.17) is 5.73 Å². The molecule has 0 fully saturated rings. The van der Waals surface area contributed by atoms with Crippen LogP contribution in [0.2, 0.25) is 0 Å². The van der Waals surface area contributed by atoms with Gasteiger partial charge >= 0.3 is 0 Å². The Balaban J connectivity index is 3.15. The topological polar surface area (TPSA) is 26.0 Å². The van der Waals surface area contributed by atoms with E-state index in [2.05, 4.69) is 15.9 Å². The normalized spacial score (nSPS) is 13.0. The van der Waals surface area contributed by atoms with Crippen molar-refractivity contribution in [3.05, 3.63) is 33.8 Å². The molecule has 0 saturated carbocycles. The molecule has 13 heavy (non-hydrogen) atoms. The molecule has 0 bridgehead atoms. The first-order valence-electron chi connectivity index (χ1n) is 3.90. The fourth-order valence-corrected chi connectivity index (χ4v) is 1.40. The van der Waals surface area contributed by atoms with Gasteiger partial charge in [-0.2, -0.15) is 0 Å². The van der Waals surface area contributed by atoms with Crippen LogP contribution in [0.15, 0.2) is 16.6 Å². The summed E-state index contributed by atoms with van der Waals surface area (Å²) in [6, 6.07) is 2.30. The third-order valence-electron chi connectivity index (χ3n) is 1.92. The second-order valence-corrected chi connectivity index (χ2v) is 3.78. The summed E-state index contributed by atoms with van der Waals surface area (Å²) in [7, 11) is 0. The summed E-state index contributed by atoms with van der Waals surface area (Å²) >= 11 is 3.00. The molecule has 1 rings (SSSR count). The van der Waals surface area contributed by atoms with E-state index in [9.17, 15) is 8.78 Å². The van der Waals surface area contributed by atoms with Gasteiger partial charge < -0.3 is 5.73 Å². The summed E-state index contributed by atoms with van der Waals surface area (Å²) in [4.78, 5) is 0. The quantitative estimate of drug-likeness (QED) is 0.802. The highest BCUT2D eigenvalue weighted by atomic mass is 79.9. The summed E-state index contributed by atoms with van der Waals surface area (Å²) in [6.45, 7) is 2.14. The minimum atomic E-state index is -0.592. The van der Waals surface area contributed by atoms with Gasteiger partial charge in [-0.05, 0) is 40.0 Å². The molecule has 2 N–H and O–H groups in total. The first-order valence-corrected chi connectivity index (χ1v) is 4.70. The van der Waals surface area contributed by atoms with Crippen LogP contribution < -0.4 is 5.73 Å². The van der Waals surface area contributed by atoms with E-state index >= 15 is 0 Å². The molecule has 0 aliphatic carbocycles. The molecular formula is C9H10BrF2N. The Morgan fingerprint density at radius 1 is 1.38 bits per heavy atom. The molecule has 0 saturated heterocycles. The van der Waals surface area contributed by atoms with Crippen molar-refractivity contribution >= 4 is 15.9 Å². The zero-order chi connectivity index (χ0) is 10.0. The Morgan fingerprint density at radius 3 is 2.54 bits per heavy atom. The highest BCUT2D eigenvalue weighted by Crippen LogP contribution is 2.24. The number of benzene rings is 1. The predicted molar refractivity (Wildman–Crippen MR) is 51.5 cm³/mol. The van der Waals surface area contributed by atoms with E-state index in [0.29, 0.717) is 12.1 Å². The van der Waals surface area contributed by atoms with E-state index in [0.717, 1.165) is 6.07 Å². The molecule has 0 aliphatic heterocycles. The summed E-state index contributed by atoms with van der Waals surface area (Å²) in [5.74, 6) is -1.24. The second kappa shape index (κ2) is 4.15. The van der Waals surface area contributed by atoms with Crippen LogP contribution in [0.3, 0.4) is 0 Å². The molecule has 1 aromatic carbocycles. The largest absolute Gasteiger partial charge is 0.330 e. The minimum absolute atomic E-state index is 0.100. The second-order valence-electron chi connectivity index (χ2n) is 2.92. The lowest BCUT2D eigenvalue weighted by Crippen LogP contribution is -2.10. The highest BCUT2D eigenvalue weighted by molar-refractivity contribution is 9.10. The Hall–Kier alpha value is -0.480. The lowest BCUT2D eigenvalue weighted by molar-refractivity contribution is 0.557. The van der Waals surface area contributed by atoms with Crippen LogP contribution in [0.4, 0.5) is 8.78 Å². The molecule has 4 heteroatoms. The van der Waals surface area contributed by atoms with Crippen LogP contribution in [-0.4, -0.2) is 6.54 Å². The smallest absolute Gasteiger partial charge is 0.140 e. The van der Waals surface area contributed by atoms with Crippen molar-refractivity contribution in [2.75, 3.05) is 6.54 Å². The van der Waals surface area contributed by atoms with E-state index in [-0.39, 0.29) is 10.4 Å². The Kier molecular flexibility index (Phi) is 3.39. The monoisotopic (exact) mass is 249 g/mol. The van der Waals surface area contributed by atoms with Crippen LogP contribution in [-0.2, 0) is 0 Å². The number of hydrogen-bond donors (Lipinski definition) is 1. The summed E-state index contributed by atoms with van der Waals surface area (Å²) < 4.78 is 26.2. The molecule has 0 aromatic heterocycles. The average Bonchev–Trinajstić information content (AvgIpc) is 2.10. The Bertz CT molecular complexity index is 315. The van der Waals surface area contributed by atoms with Crippen molar-refractivity contribution in [1.29, 1.82) is 0 Å². The van der Waals surface area contributed by atoms with E-state index in [1.165, 1.54) is 6.07 Å². The fraction of sp³-hybridized carbons (Fsp3) is 0.333. The standard InChI is InChI=1S/C9H10BrF2N/c1-5(4-13)6-2-7(10)9(12)3-8(6)11/h2-3,5H,4,13H2,1H3. The first kappa shape index (κ1) is 10.6. The van der Waals surface area contributed by atoms with Gasteiger partial charge in [-0.3, -0.25) is 0 Å². The third-order valence-corrected chi connectivity index (χ3v) is 2.53. The first-order chi connectivity index (χ1) is 6.06. The van der Waals surface area contributed by atoms with Gasteiger partial charge in [-0.15, -0.1) is 0 Å². The zero-order valence-corrected chi connectivity index (χ0v) is 8.74. The molecular weight excluding hydrogens is 240 g/mol. The summed E-state index contributed by atoms with van der Waals surface area (Å²) in [6.07, 6.45) is 0. The molecule has 72 valence electrons. The summed E-state index contributed by atoms with van der Waals surface area (Å²) in [5, 5.41) is 0. The summed E-state index contributed by atoms with van der Waals surface area (Å²) in [5.41, 5.74) is 5.83. The fourth-order valence-electron chi connectivity index (χ4n) is 1.04. The number of nitrogens with two attached hydrogens (primary N) is 1. The molecule has 1 unspecified atom stereocenters. The van der Waals surface area contributed by atoms with E-state index in [1.54, 1.807) is 6.92 Å². The van der Waals surface area contributed by atoms with Gasteiger partial charge in [0, 0.05) is 6.07 Å². The SMILES string of the molecule is CC(CN)c1cc(Br)c(F)cc1F. The van der Waals surface area contributed by atoms with E-state index in [1.807, 2.05) is 0 Å². The van der Waals surface area contributed by atoms with E-state index < -0.39 is 11.6 Å². The highest BCUT2D eigenvalue weighted by Gasteiger charge is 2.12. The average molecular weight is 250 g/mol. The maximum absolute atomic E-state index is 13.2. The van der Waals surface area contributed by atoms with Gasteiger partial charge in [-0.1, -0.05) is 6.92 Å². The van der Waals surface area contributed by atoms with Crippen molar-refractivity contribution in [3.8, 4) is 0 Å². The molecule has 0 aliphatic rings. The van der Waals surface area contributed by atoms with Crippen LogP contribution >= 0.6 is 15.9 Å². The van der Waals surface area contributed by atoms with Crippen molar-refractivity contribution < 1.29 is 8.78 Å². The molecule has 0 amide bonds. The van der Waals surface area contributed by atoms with Gasteiger partial charge in [0.2, 0.25) is 0 Å². The van der Waals surface area contributed by atoms with Crippen molar-refractivity contribution in [1.82, 2.24) is 0 Å². The molecule has 0 heterocycles. The molecule has 0 radical (unpaired) electrons. The zero-order valence-electron chi connectivity index (χ0n) is 7.15. The van der Waals surface area contributed by atoms with Crippen LogP contribution in [0.25, 0.3) is 0 Å². The van der Waals surface area contributed by atoms with Gasteiger partial charge in [0.1, 0.15) is 11.6 Å². The molecule has 1 nitrogen and oxygen atoms in total. The Morgan fingerprint density at radius 2 is 2.00 bits per heavy atom. The number of rotatable bonds is 2. The van der Waals surface area contributed by atoms with Crippen LogP contribution in [0, 0.1) is 11.6 Å². The molecule has 1 aromatic rings. The maximum atomic E-state index is 13.2. The van der Waals surface area contributed by atoms with Gasteiger partial charge in [0.15, 0.2) is 0 Å². The minimum Gasteiger partial charge on any atom is -0.330 e. The van der Waals surface area contributed by atoms with Crippen LogP contribution in [0.1, 0.15) is 18.4 Å². The van der Waals surface area contributed by atoms with Gasteiger partial charge in [0.25, 0.3) is 0 Å². The number of halogens is 3. The predicted octanol–water partition coefficient (Wildman–Crippen LogP) is 2.79. The molecule has 0 spiro atoms. The lowest BCUT2D eigenvalue weighted by atomic mass is 10.0. The van der Waals surface area contributed by atoms with Gasteiger partial charge in [0.05, 0.1) is 4.47 Å². The van der Waals surface area contributed by atoms with Crippen molar-refractivity contribution in [2.45, 2.75) is 12.8 Å².